The average molecular weight is 303 g/mol. The topological polar surface area (TPSA) is 67.2 Å². The van der Waals surface area contributed by atoms with Crippen molar-refractivity contribution in [3.63, 3.8) is 0 Å². The Bertz CT molecular complexity index is 590. The largest absolute Gasteiger partial charge is 0.333 e. The van der Waals surface area contributed by atoms with Crippen LogP contribution in [0.5, 0.6) is 0 Å². The van der Waals surface area contributed by atoms with E-state index in [1.807, 2.05) is 31.2 Å². The number of benzene rings is 1. The van der Waals surface area contributed by atoms with E-state index in [-0.39, 0.29) is 12.1 Å². The lowest BCUT2D eigenvalue weighted by Crippen LogP contribution is -2.28. The number of nitrogens with one attached hydrogen (secondary N) is 2. The van der Waals surface area contributed by atoms with E-state index in [0.29, 0.717) is 6.54 Å². The number of hydrogen-bond donors (Lipinski definition) is 3. The monoisotopic (exact) mass is 303 g/mol. The molecular weight excluding hydrogens is 282 g/mol. The molecule has 0 aliphatic carbocycles. The van der Waals surface area contributed by atoms with Crippen LogP contribution >= 0.6 is 11.3 Å². The van der Waals surface area contributed by atoms with E-state index in [0.717, 1.165) is 17.7 Å². The quantitative estimate of drug-likeness (QED) is 0.789. The summed E-state index contributed by atoms with van der Waals surface area (Å²) in [5.74, 6) is 0. The molecule has 0 bridgehead atoms. The van der Waals surface area contributed by atoms with Gasteiger partial charge in [-0.15, -0.1) is 11.3 Å². The molecule has 2 rings (SSSR count). The number of aryl methyl sites for hydroxylation is 1. The van der Waals surface area contributed by atoms with Gasteiger partial charge in [0.1, 0.15) is 0 Å². The Morgan fingerprint density at radius 3 is 2.62 bits per heavy atom. The molecular formula is C16H21N3OS. The van der Waals surface area contributed by atoms with Crippen LogP contribution in [0.25, 0.3) is 0 Å². The molecule has 1 heterocycles. The number of urea groups is 1. The van der Waals surface area contributed by atoms with Gasteiger partial charge in [-0.25, -0.2) is 4.79 Å². The van der Waals surface area contributed by atoms with Gasteiger partial charge in [0.2, 0.25) is 0 Å². The fraction of sp³-hybridized carbons (Fsp3) is 0.312. The van der Waals surface area contributed by atoms with Gasteiger partial charge in [-0.05, 0) is 48.1 Å². The van der Waals surface area contributed by atoms with Crippen molar-refractivity contribution in [1.82, 2.24) is 5.32 Å². The Morgan fingerprint density at radius 1 is 1.29 bits per heavy atom. The van der Waals surface area contributed by atoms with E-state index >= 15 is 0 Å². The summed E-state index contributed by atoms with van der Waals surface area (Å²) in [6, 6.07) is 9.48. The maximum Gasteiger partial charge on any atom is 0.319 e. The van der Waals surface area contributed by atoms with E-state index in [9.17, 15) is 4.79 Å². The minimum absolute atomic E-state index is 0.000769. The van der Waals surface area contributed by atoms with Gasteiger partial charge in [0.15, 0.2) is 0 Å². The number of nitrogens with two attached hydrogens (primary N) is 1. The molecule has 1 atom stereocenters. The van der Waals surface area contributed by atoms with E-state index < -0.39 is 0 Å². The van der Waals surface area contributed by atoms with Crippen LogP contribution in [0, 0.1) is 0 Å². The van der Waals surface area contributed by atoms with Crippen molar-refractivity contribution in [2.75, 3.05) is 5.32 Å². The summed E-state index contributed by atoms with van der Waals surface area (Å²) in [4.78, 5) is 13.1. The molecule has 0 saturated carbocycles. The average Bonchev–Trinajstić information content (AvgIpc) is 2.93. The molecule has 1 aromatic heterocycles. The summed E-state index contributed by atoms with van der Waals surface area (Å²) < 4.78 is 0. The first-order valence-corrected chi connectivity index (χ1v) is 7.93. The number of thiophene rings is 1. The zero-order chi connectivity index (χ0) is 15.2. The molecule has 4 N–H and O–H groups in total. The number of rotatable bonds is 5. The maximum absolute atomic E-state index is 11.9. The van der Waals surface area contributed by atoms with Crippen LogP contribution in [-0.4, -0.2) is 6.03 Å². The van der Waals surface area contributed by atoms with Crippen LogP contribution in [0.1, 0.15) is 35.9 Å². The summed E-state index contributed by atoms with van der Waals surface area (Å²) in [7, 11) is 0. The predicted octanol–water partition coefficient (Wildman–Crippen LogP) is 3.65. The third kappa shape index (κ3) is 4.31. The molecule has 112 valence electrons. The van der Waals surface area contributed by atoms with Crippen molar-refractivity contribution >= 4 is 23.1 Å². The standard InChI is InChI=1S/C16H21N3OS/c1-3-12-8-9-21-15(12)10-18-16(20)19-14-6-4-13(5-7-14)11(2)17/h4-9,11H,3,10,17H2,1-2H3,(H2,18,19,20). The van der Waals surface area contributed by atoms with Crippen molar-refractivity contribution in [1.29, 1.82) is 0 Å². The molecule has 0 spiro atoms. The molecule has 2 amide bonds. The van der Waals surface area contributed by atoms with Crippen molar-refractivity contribution in [2.45, 2.75) is 32.9 Å². The lowest BCUT2D eigenvalue weighted by molar-refractivity contribution is 0.252. The van der Waals surface area contributed by atoms with Crippen LogP contribution in [0.15, 0.2) is 35.7 Å². The molecule has 0 radical (unpaired) electrons. The highest BCUT2D eigenvalue weighted by atomic mass is 32.1. The van der Waals surface area contributed by atoms with Crippen molar-refractivity contribution < 1.29 is 4.79 Å². The maximum atomic E-state index is 11.9. The van der Waals surface area contributed by atoms with Gasteiger partial charge in [-0.3, -0.25) is 0 Å². The molecule has 4 nitrogen and oxygen atoms in total. The second-order valence-electron chi connectivity index (χ2n) is 4.94. The number of carbonyl (C=O) groups excluding carboxylic acids is 1. The Kier molecular flexibility index (Phi) is 5.36. The van der Waals surface area contributed by atoms with Gasteiger partial charge >= 0.3 is 6.03 Å². The summed E-state index contributed by atoms with van der Waals surface area (Å²) in [5, 5.41) is 7.76. The fourth-order valence-electron chi connectivity index (χ4n) is 2.04. The summed E-state index contributed by atoms with van der Waals surface area (Å²) in [6.07, 6.45) is 0.987. The van der Waals surface area contributed by atoms with E-state index in [1.54, 1.807) is 11.3 Å². The van der Waals surface area contributed by atoms with Crippen LogP contribution in [0.2, 0.25) is 0 Å². The van der Waals surface area contributed by atoms with E-state index in [2.05, 4.69) is 29.0 Å². The molecule has 0 aliphatic rings. The number of amides is 2. The van der Waals surface area contributed by atoms with Gasteiger partial charge in [-0.2, -0.15) is 0 Å². The Hall–Kier alpha value is -1.85. The number of carbonyl (C=O) groups is 1. The molecule has 1 unspecified atom stereocenters. The second kappa shape index (κ2) is 7.24. The normalized spacial score (nSPS) is 12.0. The third-order valence-corrected chi connectivity index (χ3v) is 4.29. The van der Waals surface area contributed by atoms with Crippen molar-refractivity contribution in [3.05, 3.63) is 51.7 Å². The minimum Gasteiger partial charge on any atom is -0.333 e. The lowest BCUT2D eigenvalue weighted by atomic mass is 10.1. The molecule has 1 aromatic carbocycles. The van der Waals surface area contributed by atoms with E-state index in [1.165, 1.54) is 10.4 Å². The summed E-state index contributed by atoms with van der Waals surface area (Å²) in [5.41, 5.74) is 8.90. The molecule has 0 fully saturated rings. The minimum atomic E-state index is -0.195. The van der Waals surface area contributed by atoms with Gasteiger partial charge in [0, 0.05) is 16.6 Å². The molecule has 0 aliphatic heterocycles. The SMILES string of the molecule is CCc1ccsc1CNC(=O)Nc1ccc(C(C)N)cc1. The molecule has 0 saturated heterocycles. The highest BCUT2D eigenvalue weighted by molar-refractivity contribution is 7.10. The Balaban J connectivity index is 1.87. The number of hydrogen-bond acceptors (Lipinski definition) is 3. The van der Waals surface area contributed by atoms with Crippen molar-refractivity contribution in [3.8, 4) is 0 Å². The van der Waals surface area contributed by atoms with Crippen LogP contribution in [0.3, 0.4) is 0 Å². The summed E-state index contributed by atoms with van der Waals surface area (Å²) >= 11 is 1.67. The number of anilines is 1. The fourth-order valence-corrected chi connectivity index (χ4v) is 2.96. The third-order valence-electron chi connectivity index (χ3n) is 3.32. The lowest BCUT2D eigenvalue weighted by Gasteiger charge is -2.10. The van der Waals surface area contributed by atoms with Crippen LogP contribution in [0.4, 0.5) is 10.5 Å². The van der Waals surface area contributed by atoms with Gasteiger partial charge in [0.25, 0.3) is 0 Å². The molecule has 2 aromatic rings. The molecule has 5 heteroatoms. The van der Waals surface area contributed by atoms with Gasteiger partial charge in [-0.1, -0.05) is 19.1 Å². The highest BCUT2D eigenvalue weighted by Gasteiger charge is 2.06. The second-order valence-corrected chi connectivity index (χ2v) is 5.94. The van der Waals surface area contributed by atoms with Crippen molar-refractivity contribution in [2.24, 2.45) is 5.73 Å². The van der Waals surface area contributed by atoms with E-state index in [4.69, 9.17) is 5.73 Å². The Labute approximate surface area is 129 Å². The zero-order valence-corrected chi connectivity index (χ0v) is 13.2. The first kappa shape index (κ1) is 15.5. The zero-order valence-electron chi connectivity index (χ0n) is 12.3. The van der Waals surface area contributed by atoms with Gasteiger partial charge in [0.05, 0.1) is 6.54 Å². The summed E-state index contributed by atoms with van der Waals surface area (Å²) in [6.45, 7) is 4.61. The molecule has 21 heavy (non-hydrogen) atoms. The van der Waals surface area contributed by atoms with Gasteiger partial charge < -0.3 is 16.4 Å². The van der Waals surface area contributed by atoms with Crippen LogP contribution in [-0.2, 0) is 13.0 Å². The first-order chi connectivity index (χ1) is 10.1. The Morgan fingerprint density at radius 2 is 2.00 bits per heavy atom. The first-order valence-electron chi connectivity index (χ1n) is 7.05. The smallest absolute Gasteiger partial charge is 0.319 e. The van der Waals surface area contributed by atoms with Crippen LogP contribution < -0.4 is 16.4 Å². The predicted molar refractivity (Wildman–Crippen MR) is 88.6 cm³/mol. The highest BCUT2D eigenvalue weighted by Crippen LogP contribution is 2.17.